The molecular formula is C12H13NOS. The number of hydrogen-bond acceptors (Lipinski definition) is 3. The van der Waals surface area contributed by atoms with Gasteiger partial charge in [0.15, 0.2) is 5.78 Å². The van der Waals surface area contributed by atoms with E-state index in [4.69, 9.17) is 5.26 Å². The molecule has 3 heteroatoms. The van der Waals surface area contributed by atoms with Gasteiger partial charge in [0, 0.05) is 10.5 Å². The van der Waals surface area contributed by atoms with Gasteiger partial charge in [-0.1, -0.05) is 25.1 Å². The summed E-state index contributed by atoms with van der Waals surface area (Å²) in [5.41, 5.74) is 0.665. The molecule has 0 saturated carbocycles. The zero-order valence-corrected chi connectivity index (χ0v) is 9.67. The van der Waals surface area contributed by atoms with Gasteiger partial charge in [0.1, 0.15) is 5.92 Å². The molecule has 0 bridgehead atoms. The Morgan fingerprint density at radius 1 is 1.53 bits per heavy atom. The molecule has 0 heterocycles. The van der Waals surface area contributed by atoms with E-state index in [1.54, 1.807) is 6.07 Å². The highest BCUT2D eigenvalue weighted by molar-refractivity contribution is 7.98. The van der Waals surface area contributed by atoms with E-state index in [1.807, 2.05) is 37.4 Å². The highest BCUT2D eigenvalue weighted by Crippen LogP contribution is 2.23. The normalized spacial score (nSPS) is 11.8. The maximum Gasteiger partial charge on any atom is 0.181 e. The molecule has 15 heavy (non-hydrogen) atoms. The molecule has 0 spiro atoms. The van der Waals surface area contributed by atoms with Crippen molar-refractivity contribution in [2.45, 2.75) is 18.2 Å². The molecule has 1 atom stereocenters. The van der Waals surface area contributed by atoms with E-state index in [2.05, 4.69) is 0 Å². The smallest absolute Gasteiger partial charge is 0.181 e. The van der Waals surface area contributed by atoms with Gasteiger partial charge in [0.25, 0.3) is 0 Å². The maximum atomic E-state index is 12.0. The zero-order valence-electron chi connectivity index (χ0n) is 8.86. The lowest BCUT2D eigenvalue weighted by Crippen LogP contribution is -2.12. The Morgan fingerprint density at radius 3 is 2.73 bits per heavy atom. The van der Waals surface area contributed by atoms with E-state index >= 15 is 0 Å². The van der Waals surface area contributed by atoms with E-state index in [-0.39, 0.29) is 5.78 Å². The predicted octanol–water partition coefficient (Wildman–Crippen LogP) is 3.14. The highest BCUT2D eigenvalue weighted by atomic mass is 32.2. The third kappa shape index (κ3) is 2.60. The molecule has 0 saturated heterocycles. The monoisotopic (exact) mass is 219 g/mol. The largest absolute Gasteiger partial charge is 0.293 e. The van der Waals surface area contributed by atoms with Gasteiger partial charge in [-0.15, -0.1) is 11.8 Å². The fourth-order valence-electron chi connectivity index (χ4n) is 1.37. The van der Waals surface area contributed by atoms with Crippen LogP contribution in [0.5, 0.6) is 0 Å². The van der Waals surface area contributed by atoms with Crippen molar-refractivity contribution < 1.29 is 4.79 Å². The number of nitriles is 1. The molecule has 1 rings (SSSR count). The summed E-state index contributed by atoms with van der Waals surface area (Å²) in [6.07, 6.45) is 2.50. The van der Waals surface area contributed by atoms with Crippen molar-refractivity contribution in [2.24, 2.45) is 5.92 Å². The number of ketones is 1. The summed E-state index contributed by atoms with van der Waals surface area (Å²) in [6, 6.07) is 9.46. The van der Waals surface area contributed by atoms with Crippen LogP contribution in [0.15, 0.2) is 29.2 Å². The Labute approximate surface area is 94.3 Å². The fourth-order valence-corrected chi connectivity index (χ4v) is 1.97. The first-order chi connectivity index (χ1) is 7.24. The number of rotatable bonds is 4. The summed E-state index contributed by atoms with van der Waals surface area (Å²) in [5, 5.41) is 8.84. The van der Waals surface area contributed by atoms with E-state index < -0.39 is 5.92 Å². The van der Waals surface area contributed by atoms with Crippen LogP contribution in [0.2, 0.25) is 0 Å². The third-order valence-corrected chi connectivity index (χ3v) is 3.05. The Bertz CT molecular complexity index is 395. The van der Waals surface area contributed by atoms with Gasteiger partial charge in [0.05, 0.1) is 6.07 Å². The van der Waals surface area contributed by atoms with Gasteiger partial charge in [-0.25, -0.2) is 0 Å². The molecule has 0 N–H and O–H groups in total. The summed E-state index contributed by atoms with van der Waals surface area (Å²) < 4.78 is 0. The summed E-state index contributed by atoms with van der Waals surface area (Å²) in [6.45, 7) is 1.85. The maximum absolute atomic E-state index is 12.0. The number of carbonyl (C=O) groups is 1. The Kier molecular flexibility index (Phi) is 4.38. The van der Waals surface area contributed by atoms with Crippen LogP contribution in [0.25, 0.3) is 0 Å². The second-order valence-corrected chi connectivity index (χ2v) is 4.00. The van der Waals surface area contributed by atoms with E-state index in [0.29, 0.717) is 12.0 Å². The first-order valence-electron chi connectivity index (χ1n) is 4.81. The molecule has 0 aromatic heterocycles. The summed E-state index contributed by atoms with van der Waals surface area (Å²) in [5.74, 6) is -0.580. The average molecular weight is 219 g/mol. The minimum absolute atomic E-state index is 0.0649. The molecule has 0 amide bonds. The molecule has 0 fully saturated rings. The van der Waals surface area contributed by atoms with Gasteiger partial charge in [0.2, 0.25) is 0 Å². The Balaban J connectivity index is 3.06. The van der Waals surface area contributed by atoms with Crippen molar-refractivity contribution >= 4 is 17.5 Å². The van der Waals surface area contributed by atoms with Gasteiger partial charge in [-0.05, 0) is 18.7 Å². The SMILES string of the molecule is CCC(C#N)C(=O)c1ccccc1SC. The lowest BCUT2D eigenvalue weighted by molar-refractivity contribution is 0.0943. The molecule has 1 aromatic rings. The molecule has 0 aliphatic heterocycles. The third-order valence-electron chi connectivity index (χ3n) is 2.25. The Morgan fingerprint density at radius 2 is 2.20 bits per heavy atom. The summed E-state index contributed by atoms with van der Waals surface area (Å²) in [4.78, 5) is 12.9. The number of hydrogen-bond donors (Lipinski definition) is 0. The Hall–Kier alpha value is -1.27. The van der Waals surface area contributed by atoms with Crippen LogP contribution < -0.4 is 0 Å². The second-order valence-electron chi connectivity index (χ2n) is 3.15. The van der Waals surface area contributed by atoms with Gasteiger partial charge in [-0.2, -0.15) is 5.26 Å². The van der Waals surface area contributed by atoms with Crippen molar-refractivity contribution in [3.63, 3.8) is 0 Å². The van der Waals surface area contributed by atoms with Crippen molar-refractivity contribution in [3.05, 3.63) is 29.8 Å². The lowest BCUT2D eigenvalue weighted by Gasteiger charge is -2.08. The van der Waals surface area contributed by atoms with Crippen molar-refractivity contribution in [1.29, 1.82) is 5.26 Å². The van der Waals surface area contributed by atoms with Crippen LogP contribution in [0.4, 0.5) is 0 Å². The standard InChI is InChI=1S/C12H13NOS/c1-3-9(8-13)12(14)10-6-4-5-7-11(10)15-2/h4-7,9H,3H2,1-2H3. The average Bonchev–Trinajstić information content (AvgIpc) is 2.30. The first kappa shape index (κ1) is 11.8. The van der Waals surface area contributed by atoms with E-state index in [0.717, 1.165) is 4.90 Å². The van der Waals surface area contributed by atoms with Crippen LogP contribution in [0.1, 0.15) is 23.7 Å². The predicted molar refractivity (Wildman–Crippen MR) is 61.9 cm³/mol. The zero-order chi connectivity index (χ0) is 11.3. The molecule has 78 valence electrons. The molecular weight excluding hydrogens is 206 g/mol. The molecule has 1 unspecified atom stereocenters. The van der Waals surface area contributed by atoms with Crippen molar-refractivity contribution in [1.82, 2.24) is 0 Å². The summed E-state index contributed by atoms with van der Waals surface area (Å²) >= 11 is 1.53. The molecule has 2 nitrogen and oxygen atoms in total. The number of Topliss-reactive ketones (excluding diaryl/α,β-unsaturated/α-hetero) is 1. The van der Waals surface area contributed by atoms with Gasteiger partial charge in [-0.3, -0.25) is 4.79 Å². The quantitative estimate of drug-likeness (QED) is 0.577. The molecule has 0 radical (unpaired) electrons. The fraction of sp³-hybridized carbons (Fsp3) is 0.333. The molecule has 0 aliphatic rings. The minimum Gasteiger partial charge on any atom is -0.293 e. The number of carbonyl (C=O) groups excluding carboxylic acids is 1. The summed E-state index contributed by atoms with van der Waals surface area (Å²) in [7, 11) is 0. The van der Waals surface area contributed by atoms with Gasteiger partial charge < -0.3 is 0 Å². The van der Waals surface area contributed by atoms with E-state index in [9.17, 15) is 4.79 Å². The van der Waals surface area contributed by atoms with Crippen LogP contribution >= 0.6 is 11.8 Å². The minimum atomic E-state index is -0.515. The molecule has 1 aromatic carbocycles. The van der Waals surface area contributed by atoms with Crippen molar-refractivity contribution in [2.75, 3.05) is 6.26 Å². The number of nitrogens with zero attached hydrogens (tertiary/aromatic N) is 1. The first-order valence-corrected chi connectivity index (χ1v) is 6.03. The van der Waals surface area contributed by atoms with Crippen LogP contribution in [0.3, 0.4) is 0 Å². The van der Waals surface area contributed by atoms with Gasteiger partial charge >= 0.3 is 0 Å². The van der Waals surface area contributed by atoms with E-state index in [1.165, 1.54) is 11.8 Å². The van der Waals surface area contributed by atoms with Crippen LogP contribution in [-0.4, -0.2) is 12.0 Å². The van der Waals surface area contributed by atoms with Crippen LogP contribution in [-0.2, 0) is 0 Å². The number of benzene rings is 1. The van der Waals surface area contributed by atoms with Crippen molar-refractivity contribution in [3.8, 4) is 6.07 Å². The number of thioether (sulfide) groups is 1. The molecule has 0 aliphatic carbocycles. The topological polar surface area (TPSA) is 40.9 Å². The highest BCUT2D eigenvalue weighted by Gasteiger charge is 2.19. The second kappa shape index (κ2) is 5.57. The van der Waals surface area contributed by atoms with Crippen LogP contribution in [0, 0.1) is 17.2 Å². The lowest BCUT2D eigenvalue weighted by atomic mass is 9.97.